The summed E-state index contributed by atoms with van der Waals surface area (Å²) in [6.07, 6.45) is -8.95. The van der Waals surface area contributed by atoms with E-state index in [1.54, 1.807) is 30.3 Å². The third-order valence-electron chi connectivity index (χ3n) is 10.2. The number of hydrogen-bond acceptors (Lipinski definition) is 8. The van der Waals surface area contributed by atoms with Crippen molar-refractivity contribution < 1.29 is 49.8 Å². The largest absolute Gasteiger partial charge is 0.465 e. The molecular weight excluding hydrogens is 827 g/mol. The molecule has 3 aromatic carbocycles. The number of hydrogen-bond donors (Lipinski definition) is 2. The van der Waals surface area contributed by atoms with Crippen LogP contribution in [0.3, 0.4) is 0 Å². The standard InChI is InChI=1S/C43H48F6N4O5SSi/c1-29(58-60(40(2,3)4,31-22-14-9-15-23-31)32-24-16-10-17-25-32)19-11-6-7-18-26-41(43(47,48)49,56-28-30-20-12-8-13-21-30)38-53-52-36(57-38)35-34(50-39(54)55)27-33(42(44,45)46)37(51-35)59-5/h8-10,12-17,20-25,27,29,50H,6-7,11,18-19,26,28H2,1-5H3,(H,54,55)/t29?,41-/m1/s1. The Labute approximate surface area is 350 Å². The van der Waals surface area contributed by atoms with Gasteiger partial charge in [0, 0.05) is 6.10 Å². The number of ether oxygens (including phenoxy) is 1. The Kier molecular flexibility index (Phi) is 14.9. The summed E-state index contributed by atoms with van der Waals surface area (Å²) < 4.78 is 106. The number of halogens is 6. The normalized spacial score (nSPS) is 14.1. The Morgan fingerprint density at radius 3 is 1.93 bits per heavy atom. The summed E-state index contributed by atoms with van der Waals surface area (Å²) in [5.74, 6) is -1.73. The molecule has 0 fully saturated rings. The Morgan fingerprint density at radius 2 is 1.42 bits per heavy atom. The number of aromatic nitrogens is 3. The van der Waals surface area contributed by atoms with Crippen LogP contribution in [-0.4, -0.2) is 53.2 Å². The van der Waals surface area contributed by atoms with Gasteiger partial charge in [0.25, 0.3) is 20.1 Å². The number of carbonyl (C=O) groups is 1. The van der Waals surface area contributed by atoms with Crippen molar-refractivity contribution in [3.8, 4) is 11.6 Å². The molecule has 5 rings (SSSR count). The molecule has 0 saturated heterocycles. The zero-order chi connectivity index (χ0) is 43.8. The fraction of sp³-hybridized carbons (Fsp3) is 0.395. The van der Waals surface area contributed by atoms with Gasteiger partial charge in [0.15, 0.2) is 5.69 Å². The molecule has 17 heteroatoms. The van der Waals surface area contributed by atoms with Crippen LogP contribution in [0, 0.1) is 0 Å². The number of pyridine rings is 1. The molecule has 1 unspecified atom stereocenters. The first-order valence-electron chi connectivity index (χ1n) is 19.4. The summed E-state index contributed by atoms with van der Waals surface area (Å²) in [7, 11) is -2.81. The molecule has 0 aliphatic rings. The van der Waals surface area contributed by atoms with Gasteiger partial charge >= 0.3 is 18.4 Å². The van der Waals surface area contributed by atoms with Crippen molar-refractivity contribution in [2.45, 2.75) is 107 Å². The van der Waals surface area contributed by atoms with Gasteiger partial charge in [-0.15, -0.1) is 22.0 Å². The quantitative estimate of drug-likeness (QED) is 0.0384. The first-order chi connectivity index (χ1) is 28.3. The van der Waals surface area contributed by atoms with Gasteiger partial charge in [0.05, 0.1) is 17.9 Å². The summed E-state index contributed by atoms with van der Waals surface area (Å²) in [5.41, 5.74) is -5.26. The fourth-order valence-corrected chi connectivity index (χ4v) is 12.6. The van der Waals surface area contributed by atoms with E-state index in [-0.39, 0.29) is 17.6 Å². The van der Waals surface area contributed by atoms with Crippen LogP contribution in [0.4, 0.5) is 36.8 Å². The number of rotatable bonds is 18. The Balaban J connectivity index is 1.38. The molecule has 2 N–H and O–H groups in total. The SMILES string of the molecule is CSc1nc(-c2nnc([C@@](CCCCCCC(C)O[Si](c3ccccc3)(c3ccccc3)C(C)(C)C)(OCc3ccccc3)C(F)(F)F)o2)c(NC(=O)O)cc1C(F)(F)F. The molecule has 2 heterocycles. The third-order valence-corrected chi connectivity index (χ3v) is 16.0. The zero-order valence-electron chi connectivity index (χ0n) is 33.9. The molecule has 0 aliphatic carbocycles. The highest BCUT2D eigenvalue weighted by atomic mass is 32.2. The van der Waals surface area contributed by atoms with E-state index >= 15 is 13.2 Å². The molecule has 60 heavy (non-hydrogen) atoms. The van der Waals surface area contributed by atoms with Crippen LogP contribution >= 0.6 is 11.8 Å². The second kappa shape index (κ2) is 19.3. The van der Waals surface area contributed by atoms with Crippen LogP contribution in [0.5, 0.6) is 0 Å². The molecule has 0 saturated carbocycles. The minimum Gasteiger partial charge on any atom is -0.465 e. The first kappa shape index (κ1) is 46.4. The lowest BCUT2D eigenvalue weighted by molar-refractivity contribution is -0.300. The highest BCUT2D eigenvalue weighted by Gasteiger charge is 2.61. The van der Waals surface area contributed by atoms with Crippen LogP contribution in [0.1, 0.15) is 83.2 Å². The minimum atomic E-state index is -5.11. The summed E-state index contributed by atoms with van der Waals surface area (Å²) in [6, 6.07) is 29.1. The minimum absolute atomic E-state index is 0.0247. The summed E-state index contributed by atoms with van der Waals surface area (Å²) in [6.45, 7) is 8.12. The van der Waals surface area contributed by atoms with Crippen molar-refractivity contribution in [3.05, 3.63) is 114 Å². The Morgan fingerprint density at radius 1 is 0.850 bits per heavy atom. The van der Waals surface area contributed by atoms with E-state index in [0.717, 1.165) is 10.4 Å². The van der Waals surface area contributed by atoms with E-state index in [1.165, 1.54) is 6.26 Å². The zero-order valence-corrected chi connectivity index (χ0v) is 35.7. The smallest absolute Gasteiger partial charge is 0.426 e. The van der Waals surface area contributed by atoms with Gasteiger partial charge in [-0.3, -0.25) is 5.32 Å². The molecule has 1 amide bonds. The lowest BCUT2D eigenvalue weighted by Crippen LogP contribution is -2.67. The van der Waals surface area contributed by atoms with Gasteiger partial charge < -0.3 is 18.7 Å². The fourth-order valence-electron chi connectivity index (χ4n) is 7.29. The number of alkyl halides is 6. The number of unbranched alkanes of at least 4 members (excludes halogenated alkanes) is 3. The molecule has 5 aromatic rings. The van der Waals surface area contributed by atoms with Crippen molar-refractivity contribution in [2.75, 3.05) is 11.6 Å². The number of amides is 1. The number of nitrogens with zero attached hydrogens (tertiary/aromatic N) is 3. The van der Waals surface area contributed by atoms with Crippen LogP contribution in [0.2, 0.25) is 5.04 Å². The van der Waals surface area contributed by atoms with Crippen molar-refractivity contribution in [1.82, 2.24) is 15.2 Å². The van der Waals surface area contributed by atoms with Gasteiger partial charge in [-0.25, -0.2) is 9.78 Å². The second-order valence-electron chi connectivity index (χ2n) is 15.4. The van der Waals surface area contributed by atoms with Gasteiger partial charge in [-0.1, -0.05) is 131 Å². The first-order valence-corrected chi connectivity index (χ1v) is 22.5. The van der Waals surface area contributed by atoms with Gasteiger partial charge in [0.2, 0.25) is 5.60 Å². The molecule has 2 atom stereocenters. The molecule has 0 spiro atoms. The summed E-state index contributed by atoms with van der Waals surface area (Å²) in [4.78, 5) is 15.5. The number of nitrogens with one attached hydrogen (secondary N) is 1. The maximum Gasteiger partial charge on any atom is 0.426 e. The van der Waals surface area contributed by atoms with E-state index in [1.807, 2.05) is 48.6 Å². The van der Waals surface area contributed by atoms with Crippen molar-refractivity contribution in [3.63, 3.8) is 0 Å². The van der Waals surface area contributed by atoms with Gasteiger partial charge in [-0.05, 0) is 59.5 Å². The lowest BCUT2D eigenvalue weighted by Gasteiger charge is -2.44. The summed E-state index contributed by atoms with van der Waals surface area (Å²) in [5, 5.41) is 20.1. The number of thioether (sulfide) groups is 1. The van der Waals surface area contributed by atoms with E-state index in [4.69, 9.17) is 13.6 Å². The highest BCUT2D eigenvalue weighted by Crippen LogP contribution is 2.48. The number of benzene rings is 3. The van der Waals surface area contributed by atoms with Crippen molar-refractivity contribution >= 4 is 42.2 Å². The van der Waals surface area contributed by atoms with Crippen LogP contribution in [0.15, 0.2) is 107 Å². The average molecular weight is 875 g/mol. The van der Waals surface area contributed by atoms with E-state index in [2.05, 4.69) is 60.2 Å². The molecule has 9 nitrogen and oxygen atoms in total. The van der Waals surface area contributed by atoms with E-state index in [0.29, 0.717) is 49.1 Å². The Hall–Kier alpha value is -4.71. The molecular formula is C43H48F6N4O5SSi. The monoisotopic (exact) mass is 874 g/mol. The summed E-state index contributed by atoms with van der Waals surface area (Å²) >= 11 is 0.595. The highest BCUT2D eigenvalue weighted by molar-refractivity contribution is 7.98. The van der Waals surface area contributed by atoms with E-state index in [9.17, 15) is 23.1 Å². The van der Waals surface area contributed by atoms with E-state index < -0.39 is 79.1 Å². The van der Waals surface area contributed by atoms with Crippen LogP contribution < -0.4 is 15.7 Å². The topological polar surface area (TPSA) is 120 Å². The molecule has 322 valence electrons. The van der Waals surface area contributed by atoms with Gasteiger partial charge in [-0.2, -0.15) is 26.3 Å². The maximum absolute atomic E-state index is 15.4. The number of anilines is 1. The van der Waals surface area contributed by atoms with Crippen LogP contribution in [0.25, 0.3) is 11.6 Å². The van der Waals surface area contributed by atoms with Gasteiger partial charge in [0.1, 0.15) is 5.03 Å². The molecule has 0 bridgehead atoms. The molecule has 2 aromatic heterocycles. The number of carboxylic acid groups (broad SMARTS) is 1. The second-order valence-corrected chi connectivity index (χ2v) is 20.5. The maximum atomic E-state index is 15.4. The van der Waals surface area contributed by atoms with Crippen molar-refractivity contribution in [2.24, 2.45) is 0 Å². The van der Waals surface area contributed by atoms with Crippen molar-refractivity contribution in [1.29, 1.82) is 0 Å². The predicted molar refractivity (Wildman–Crippen MR) is 221 cm³/mol. The third kappa shape index (κ3) is 10.6. The average Bonchev–Trinajstić information content (AvgIpc) is 3.69. The molecule has 0 radical (unpaired) electrons. The lowest BCUT2D eigenvalue weighted by atomic mass is 9.94. The molecule has 0 aliphatic heterocycles. The predicted octanol–water partition coefficient (Wildman–Crippen LogP) is 11.2. The van der Waals surface area contributed by atoms with Crippen LogP contribution in [-0.2, 0) is 27.5 Å². The Bertz CT molecular complexity index is 2120.